The molecule has 0 fully saturated rings. The largest absolute Gasteiger partial charge is 0.493 e. The highest BCUT2D eigenvalue weighted by atomic mass is 16.5. The molecule has 0 aliphatic carbocycles. The summed E-state index contributed by atoms with van der Waals surface area (Å²) in [4.78, 5) is 38.3. The molecule has 0 unspecified atom stereocenters. The van der Waals surface area contributed by atoms with Crippen LogP contribution in [0.5, 0.6) is 5.75 Å². The van der Waals surface area contributed by atoms with E-state index in [1.54, 1.807) is 36.4 Å². The van der Waals surface area contributed by atoms with E-state index in [9.17, 15) is 19.5 Å². The summed E-state index contributed by atoms with van der Waals surface area (Å²) in [6, 6.07) is 27.1. The molecule has 4 aromatic rings. The van der Waals surface area contributed by atoms with Gasteiger partial charge in [0, 0.05) is 11.8 Å². The molecule has 0 bridgehead atoms. The fraction of sp³-hybridized carbons (Fsp3) is 0.100. The number of carboxylic acids is 1. The third-order valence-electron chi connectivity index (χ3n) is 6.20. The van der Waals surface area contributed by atoms with Gasteiger partial charge in [0.15, 0.2) is 0 Å². The van der Waals surface area contributed by atoms with Gasteiger partial charge in [0.1, 0.15) is 5.75 Å². The number of rotatable bonds is 8. The van der Waals surface area contributed by atoms with Gasteiger partial charge in [-0.3, -0.25) is 14.5 Å². The van der Waals surface area contributed by atoms with Crippen LogP contribution in [0.4, 0.5) is 0 Å². The molecule has 4 aromatic carbocycles. The molecule has 1 aliphatic rings. The maximum Gasteiger partial charge on any atom is 0.335 e. The monoisotopic (exact) mass is 477 g/mol. The highest BCUT2D eigenvalue weighted by Gasteiger charge is 2.35. The van der Waals surface area contributed by atoms with E-state index in [4.69, 9.17) is 4.74 Å². The standard InChI is InChI=1S/C30H23NO5/c32-28-25-9-3-4-10-26(25)29(33)31(28)19-21(18-20-12-14-23(15-13-20)30(34)35)16-17-36-27-11-5-7-22-6-1-2-8-24(22)27/h1-15,18H,16-17,19H2,(H,34,35). The molecule has 0 aromatic heterocycles. The van der Waals surface area contributed by atoms with Crippen LogP contribution < -0.4 is 4.74 Å². The van der Waals surface area contributed by atoms with Gasteiger partial charge < -0.3 is 9.84 Å². The number of aromatic carboxylic acids is 1. The van der Waals surface area contributed by atoms with E-state index in [2.05, 4.69) is 0 Å². The van der Waals surface area contributed by atoms with Crippen LogP contribution >= 0.6 is 0 Å². The molecule has 0 atom stereocenters. The van der Waals surface area contributed by atoms with Crippen molar-refractivity contribution in [3.05, 3.63) is 119 Å². The summed E-state index contributed by atoms with van der Waals surface area (Å²) < 4.78 is 6.11. The van der Waals surface area contributed by atoms with E-state index >= 15 is 0 Å². The number of carbonyl (C=O) groups excluding carboxylic acids is 2. The second-order valence-electron chi connectivity index (χ2n) is 8.55. The minimum Gasteiger partial charge on any atom is -0.493 e. The van der Waals surface area contributed by atoms with Crippen LogP contribution in [0.2, 0.25) is 0 Å². The minimum absolute atomic E-state index is 0.117. The average Bonchev–Trinajstić information content (AvgIpc) is 3.14. The predicted molar refractivity (Wildman–Crippen MR) is 137 cm³/mol. The molecule has 6 heteroatoms. The molecule has 1 aliphatic heterocycles. The normalized spacial score (nSPS) is 13.2. The summed E-state index contributed by atoms with van der Waals surface area (Å²) in [6.07, 6.45) is 2.35. The first-order chi connectivity index (χ1) is 17.5. The lowest BCUT2D eigenvalue weighted by atomic mass is 10.1. The Hall–Kier alpha value is -4.71. The number of benzene rings is 4. The van der Waals surface area contributed by atoms with Crippen LogP contribution in [0.1, 0.15) is 43.1 Å². The van der Waals surface area contributed by atoms with Crippen molar-refractivity contribution in [1.29, 1.82) is 0 Å². The van der Waals surface area contributed by atoms with Crippen molar-refractivity contribution in [2.75, 3.05) is 13.2 Å². The SMILES string of the molecule is O=C(O)c1ccc(C=C(CCOc2cccc3ccccc23)CN2C(=O)c3ccccc3C2=O)cc1. The van der Waals surface area contributed by atoms with Crippen molar-refractivity contribution in [2.45, 2.75) is 6.42 Å². The smallest absolute Gasteiger partial charge is 0.335 e. The van der Waals surface area contributed by atoms with Crippen LogP contribution in [-0.2, 0) is 0 Å². The Morgan fingerprint density at radius 3 is 2.14 bits per heavy atom. The zero-order valence-electron chi connectivity index (χ0n) is 19.4. The number of nitrogens with zero attached hydrogens (tertiary/aromatic N) is 1. The third-order valence-corrected chi connectivity index (χ3v) is 6.20. The maximum atomic E-state index is 12.9. The summed E-state index contributed by atoms with van der Waals surface area (Å²) in [5.41, 5.74) is 2.58. The molecule has 0 spiro atoms. The molecule has 1 heterocycles. The maximum absolute atomic E-state index is 12.9. The fourth-order valence-corrected chi connectivity index (χ4v) is 4.35. The fourth-order valence-electron chi connectivity index (χ4n) is 4.35. The number of fused-ring (bicyclic) bond motifs is 2. The lowest BCUT2D eigenvalue weighted by Crippen LogP contribution is -2.32. The van der Waals surface area contributed by atoms with Gasteiger partial charge in [0.25, 0.3) is 11.8 Å². The third kappa shape index (κ3) is 4.61. The van der Waals surface area contributed by atoms with Crippen molar-refractivity contribution in [3.8, 4) is 5.75 Å². The zero-order valence-corrected chi connectivity index (χ0v) is 19.4. The van der Waals surface area contributed by atoms with Crippen molar-refractivity contribution in [3.63, 3.8) is 0 Å². The van der Waals surface area contributed by atoms with Gasteiger partial charge in [-0.25, -0.2) is 4.79 Å². The van der Waals surface area contributed by atoms with Crippen LogP contribution in [-0.4, -0.2) is 40.9 Å². The summed E-state index contributed by atoms with van der Waals surface area (Å²) >= 11 is 0. The van der Waals surface area contributed by atoms with Crippen LogP contribution in [0.15, 0.2) is 96.6 Å². The van der Waals surface area contributed by atoms with Crippen molar-refractivity contribution >= 4 is 34.6 Å². The van der Waals surface area contributed by atoms with Crippen LogP contribution in [0.25, 0.3) is 16.8 Å². The van der Waals surface area contributed by atoms with Gasteiger partial charge >= 0.3 is 5.97 Å². The van der Waals surface area contributed by atoms with E-state index in [1.807, 2.05) is 48.5 Å². The number of imide groups is 1. The Balaban J connectivity index is 1.38. The molecular formula is C30H23NO5. The Kier molecular flexibility index (Phi) is 6.33. The van der Waals surface area contributed by atoms with Gasteiger partial charge in [-0.05, 0) is 46.9 Å². The van der Waals surface area contributed by atoms with Crippen LogP contribution in [0.3, 0.4) is 0 Å². The first-order valence-corrected chi connectivity index (χ1v) is 11.6. The summed E-state index contributed by atoms with van der Waals surface area (Å²) in [5.74, 6) is -0.880. The van der Waals surface area contributed by atoms with Crippen molar-refractivity contribution in [1.82, 2.24) is 4.90 Å². The predicted octanol–water partition coefficient (Wildman–Crippen LogP) is 5.69. The summed E-state index contributed by atoms with van der Waals surface area (Å²) in [5, 5.41) is 11.3. The molecule has 2 amide bonds. The number of amides is 2. The minimum atomic E-state index is -1.000. The van der Waals surface area contributed by atoms with Crippen molar-refractivity contribution < 1.29 is 24.2 Å². The second kappa shape index (κ2) is 9.88. The van der Waals surface area contributed by atoms with Crippen molar-refractivity contribution in [2.24, 2.45) is 0 Å². The van der Waals surface area contributed by atoms with Gasteiger partial charge in [-0.1, -0.05) is 66.7 Å². The Labute approximate surface area is 208 Å². The van der Waals surface area contributed by atoms with Gasteiger partial charge in [-0.2, -0.15) is 0 Å². The quantitative estimate of drug-likeness (QED) is 0.330. The van der Waals surface area contributed by atoms with Gasteiger partial charge in [-0.15, -0.1) is 0 Å². The van der Waals surface area contributed by atoms with Crippen LogP contribution in [0, 0.1) is 0 Å². The molecule has 5 rings (SSSR count). The number of carbonyl (C=O) groups is 3. The molecule has 1 N–H and O–H groups in total. The number of hydrogen-bond acceptors (Lipinski definition) is 4. The molecule has 0 saturated carbocycles. The van der Waals surface area contributed by atoms with E-state index in [0.717, 1.165) is 27.7 Å². The molecule has 178 valence electrons. The average molecular weight is 478 g/mol. The van der Waals surface area contributed by atoms with Gasteiger partial charge in [0.05, 0.1) is 29.8 Å². The van der Waals surface area contributed by atoms with E-state index in [1.165, 1.54) is 17.0 Å². The molecular weight excluding hydrogens is 454 g/mol. The highest BCUT2D eigenvalue weighted by Crippen LogP contribution is 2.27. The number of hydrogen-bond donors (Lipinski definition) is 1. The van der Waals surface area contributed by atoms with E-state index < -0.39 is 5.97 Å². The molecule has 36 heavy (non-hydrogen) atoms. The highest BCUT2D eigenvalue weighted by molar-refractivity contribution is 6.21. The number of carboxylic acid groups (broad SMARTS) is 1. The Morgan fingerprint density at radius 1 is 0.806 bits per heavy atom. The molecule has 0 saturated heterocycles. The van der Waals surface area contributed by atoms with E-state index in [0.29, 0.717) is 24.2 Å². The first kappa shape index (κ1) is 23.1. The Bertz CT molecular complexity index is 1460. The lowest BCUT2D eigenvalue weighted by molar-refractivity contribution is 0.0661. The summed E-state index contributed by atoms with van der Waals surface area (Å²) in [6.45, 7) is 0.460. The first-order valence-electron chi connectivity index (χ1n) is 11.6. The lowest BCUT2D eigenvalue weighted by Gasteiger charge is -2.17. The molecule has 0 radical (unpaired) electrons. The number of ether oxygens (including phenoxy) is 1. The molecule has 6 nitrogen and oxygen atoms in total. The van der Waals surface area contributed by atoms with Gasteiger partial charge in [0.2, 0.25) is 0 Å². The second-order valence-corrected chi connectivity index (χ2v) is 8.55. The summed E-state index contributed by atoms with van der Waals surface area (Å²) in [7, 11) is 0. The Morgan fingerprint density at radius 2 is 1.44 bits per heavy atom. The topological polar surface area (TPSA) is 83.9 Å². The zero-order chi connectivity index (χ0) is 25.1. The van der Waals surface area contributed by atoms with E-state index in [-0.39, 0.29) is 23.9 Å².